The number of pyridine rings is 2. The van der Waals surface area contributed by atoms with Crippen molar-refractivity contribution in [2.24, 2.45) is 0 Å². The van der Waals surface area contributed by atoms with E-state index < -0.39 is 0 Å². The van der Waals surface area contributed by atoms with Crippen LogP contribution in [0.5, 0.6) is 5.75 Å². The van der Waals surface area contributed by atoms with Crippen LogP contribution in [-0.4, -0.2) is 38.2 Å². The molecule has 1 aliphatic heterocycles. The number of nitrogens with zero attached hydrogens (tertiary/aromatic N) is 4. The number of aromatic amines is 2. The molecule has 5 heterocycles. The molecule has 1 aliphatic rings. The fraction of sp³-hybridized carbons (Fsp3) is 0.194. The maximum atomic E-state index is 6.00. The Labute approximate surface area is 220 Å². The highest BCUT2D eigenvalue weighted by Gasteiger charge is 2.18. The molecule has 38 heavy (non-hydrogen) atoms. The van der Waals surface area contributed by atoms with Crippen molar-refractivity contribution in [3.05, 3.63) is 90.8 Å². The van der Waals surface area contributed by atoms with Crippen LogP contribution in [0.4, 0.5) is 5.69 Å². The predicted molar refractivity (Wildman–Crippen MR) is 151 cm³/mol. The minimum atomic E-state index is 0.490. The van der Waals surface area contributed by atoms with Gasteiger partial charge in [0.15, 0.2) is 0 Å². The van der Waals surface area contributed by atoms with Crippen LogP contribution in [0.15, 0.2) is 85.2 Å². The lowest BCUT2D eigenvalue weighted by atomic mass is 10.1. The van der Waals surface area contributed by atoms with Crippen molar-refractivity contribution >= 4 is 27.6 Å². The molecular weight excluding hydrogens is 472 g/mol. The number of aromatic nitrogens is 5. The largest absolute Gasteiger partial charge is 0.487 e. The molecule has 0 saturated carbocycles. The van der Waals surface area contributed by atoms with Crippen LogP contribution in [0.2, 0.25) is 0 Å². The molecule has 0 atom stereocenters. The van der Waals surface area contributed by atoms with E-state index in [1.165, 1.54) is 30.3 Å². The summed E-state index contributed by atoms with van der Waals surface area (Å²) in [4.78, 5) is 15.5. The van der Waals surface area contributed by atoms with E-state index in [0.29, 0.717) is 12.4 Å². The molecule has 0 bridgehead atoms. The smallest absolute Gasteiger partial charge is 0.138 e. The average molecular weight is 501 g/mol. The van der Waals surface area contributed by atoms with Gasteiger partial charge in [-0.2, -0.15) is 5.10 Å². The fourth-order valence-electron chi connectivity index (χ4n) is 5.30. The topological polar surface area (TPSA) is 82.7 Å². The zero-order chi connectivity index (χ0) is 25.3. The van der Waals surface area contributed by atoms with Crippen LogP contribution in [0.1, 0.15) is 24.8 Å². The van der Waals surface area contributed by atoms with Crippen LogP contribution in [-0.2, 0) is 6.61 Å². The fourth-order valence-corrected chi connectivity index (χ4v) is 5.30. The first-order valence-electron chi connectivity index (χ1n) is 13.2. The summed E-state index contributed by atoms with van der Waals surface area (Å²) in [6.07, 6.45) is 7.36. The number of anilines is 1. The second kappa shape index (κ2) is 9.67. The number of piperidine rings is 1. The second-order valence-electron chi connectivity index (χ2n) is 9.82. The molecular formula is C31H28N6O. The minimum absolute atomic E-state index is 0.490. The summed E-state index contributed by atoms with van der Waals surface area (Å²) in [6.45, 7) is 2.71. The highest BCUT2D eigenvalue weighted by atomic mass is 16.5. The molecule has 1 fully saturated rings. The molecule has 2 aromatic carbocycles. The zero-order valence-corrected chi connectivity index (χ0v) is 21.0. The third kappa shape index (κ3) is 4.26. The molecule has 6 aromatic rings. The van der Waals surface area contributed by atoms with Gasteiger partial charge in [0.1, 0.15) is 23.6 Å². The van der Waals surface area contributed by atoms with Crippen LogP contribution in [0, 0.1) is 0 Å². The molecule has 0 unspecified atom stereocenters. The number of hydrogen-bond donors (Lipinski definition) is 2. The van der Waals surface area contributed by atoms with E-state index in [0.717, 1.165) is 57.8 Å². The Hall–Kier alpha value is -4.65. The summed E-state index contributed by atoms with van der Waals surface area (Å²) < 4.78 is 6.00. The first-order chi connectivity index (χ1) is 18.8. The molecule has 188 valence electrons. The second-order valence-corrected chi connectivity index (χ2v) is 9.82. The zero-order valence-electron chi connectivity index (χ0n) is 21.0. The van der Waals surface area contributed by atoms with E-state index in [1.807, 2.05) is 54.7 Å². The van der Waals surface area contributed by atoms with Crippen molar-refractivity contribution < 1.29 is 4.74 Å². The third-order valence-electron chi connectivity index (χ3n) is 7.26. The lowest BCUT2D eigenvalue weighted by Gasteiger charge is -2.29. The van der Waals surface area contributed by atoms with E-state index in [-0.39, 0.29) is 0 Å². The van der Waals surface area contributed by atoms with E-state index in [2.05, 4.69) is 49.3 Å². The summed E-state index contributed by atoms with van der Waals surface area (Å²) in [6, 6.07) is 24.8. The summed E-state index contributed by atoms with van der Waals surface area (Å²) in [5, 5.41) is 9.03. The van der Waals surface area contributed by atoms with E-state index in [9.17, 15) is 0 Å². The number of H-pyrrole nitrogens is 2. The normalized spacial score (nSPS) is 13.8. The molecule has 7 nitrogen and oxygen atoms in total. The van der Waals surface area contributed by atoms with Gasteiger partial charge in [0.05, 0.1) is 23.1 Å². The number of nitrogens with one attached hydrogen (secondary N) is 2. The van der Waals surface area contributed by atoms with Crippen molar-refractivity contribution in [1.82, 2.24) is 25.1 Å². The van der Waals surface area contributed by atoms with Crippen molar-refractivity contribution in [2.75, 3.05) is 18.0 Å². The highest BCUT2D eigenvalue weighted by molar-refractivity contribution is 5.99. The molecule has 4 aromatic heterocycles. The number of fused-ring (bicyclic) bond motifs is 2. The summed E-state index contributed by atoms with van der Waals surface area (Å²) in [5.74, 6) is 0.710. The first-order valence-corrected chi connectivity index (χ1v) is 13.2. The lowest BCUT2D eigenvalue weighted by molar-refractivity contribution is 0.305. The van der Waals surface area contributed by atoms with Gasteiger partial charge in [-0.15, -0.1) is 0 Å². The van der Waals surface area contributed by atoms with E-state index >= 15 is 0 Å². The Bertz CT molecular complexity index is 1720. The van der Waals surface area contributed by atoms with Gasteiger partial charge in [-0.3, -0.25) is 10.1 Å². The van der Waals surface area contributed by atoms with Crippen molar-refractivity contribution in [3.63, 3.8) is 0 Å². The van der Waals surface area contributed by atoms with Gasteiger partial charge in [0.25, 0.3) is 0 Å². The van der Waals surface area contributed by atoms with Crippen LogP contribution in [0.25, 0.3) is 44.6 Å². The molecule has 7 rings (SSSR count). The van der Waals surface area contributed by atoms with Crippen LogP contribution in [0.3, 0.4) is 0 Å². The van der Waals surface area contributed by atoms with Gasteiger partial charge < -0.3 is 14.6 Å². The van der Waals surface area contributed by atoms with Gasteiger partial charge in [-0.05, 0) is 61.2 Å². The monoisotopic (exact) mass is 500 g/mol. The quantitative estimate of drug-likeness (QED) is 0.265. The van der Waals surface area contributed by atoms with Crippen LogP contribution >= 0.6 is 0 Å². The van der Waals surface area contributed by atoms with Gasteiger partial charge >= 0.3 is 0 Å². The summed E-state index contributed by atoms with van der Waals surface area (Å²) in [7, 11) is 0. The third-order valence-corrected chi connectivity index (χ3v) is 7.26. The first kappa shape index (κ1) is 22.5. The number of hydrogen-bond acceptors (Lipinski definition) is 5. The lowest BCUT2D eigenvalue weighted by Crippen LogP contribution is -2.29. The summed E-state index contributed by atoms with van der Waals surface area (Å²) in [5.41, 5.74) is 8.72. The Morgan fingerprint density at radius 1 is 0.842 bits per heavy atom. The molecule has 0 amide bonds. The van der Waals surface area contributed by atoms with Gasteiger partial charge in [-0.1, -0.05) is 36.4 Å². The van der Waals surface area contributed by atoms with Gasteiger partial charge in [0.2, 0.25) is 0 Å². The maximum Gasteiger partial charge on any atom is 0.138 e. The Morgan fingerprint density at radius 3 is 2.63 bits per heavy atom. The van der Waals surface area contributed by atoms with Gasteiger partial charge in [0, 0.05) is 41.4 Å². The minimum Gasteiger partial charge on any atom is -0.487 e. The highest BCUT2D eigenvalue weighted by Crippen LogP contribution is 2.34. The molecule has 2 N–H and O–H groups in total. The van der Waals surface area contributed by atoms with E-state index in [1.54, 1.807) is 6.20 Å². The molecule has 0 spiro atoms. The number of ether oxygens (including phenoxy) is 1. The predicted octanol–water partition coefficient (Wildman–Crippen LogP) is 6.74. The Morgan fingerprint density at radius 2 is 1.74 bits per heavy atom. The average Bonchev–Trinajstić information content (AvgIpc) is 3.61. The SMILES string of the molecule is c1ccc(COc2cncc(-c3ccc4[nH]nc(-c5cc6c(N7CCCCC7)cccc6[nH]5)c4n3)c2)cc1. The standard InChI is InChI=1S/C31H28N6O/c1-3-8-21(9-4-1)20-38-23-16-22(18-32-19-23)25-12-13-27-30(34-25)31(36-35-27)28-17-24-26(33-28)10-7-11-29(24)37-14-5-2-6-15-37/h1,3-4,7-13,16-19,33H,2,5-6,14-15,20H2,(H,35,36). The molecule has 7 heteroatoms. The maximum absolute atomic E-state index is 6.00. The number of benzene rings is 2. The summed E-state index contributed by atoms with van der Waals surface area (Å²) >= 11 is 0. The van der Waals surface area contributed by atoms with E-state index in [4.69, 9.17) is 9.72 Å². The molecule has 0 radical (unpaired) electrons. The van der Waals surface area contributed by atoms with Crippen molar-refractivity contribution in [3.8, 4) is 28.4 Å². The molecule has 0 aliphatic carbocycles. The molecule has 1 saturated heterocycles. The van der Waals surface area contributed by atoms with Crippen molar-refractivity contribution in [2.45, 2.75) is 25.9 Å². The van der Waals surface area contributed by atoms with Crippen molar-refractivity contribution in [1.29, 1.82) is 0 Å². The Balaban J connectivity index is 1.22. The van der Waals surface area contributed by atoms with Crippen LogP contribution < -0.4 is 9.64 Å². The number of rotatable bonds is 6. The van der Waals surface area contributed by atoms with Gasteiger partial charge in [-0.25, -0.2) is 4.98 Å². The Kier molecular flexibility index (Phi) is 5.73.